The van der Waals surface area contributed by atoms with Crippen molar-refractivity contribution in [2.75, 3.05) is 10.8 Å². The van der Waals surface area contributed by atoms with Gasteiger partial charge in [-0.1, -0.05) is 65.7 Å². The van der Waals surface area contributed by atoms with Crippen LogP contribution in [0.2, 0.25) is 5.02 Å². The summed E-state index contributed by atoms with van der Waals surface area (Å²) in [6.45, 7) is 10.6. The molecule has 2 amide bonds. The van der Waals surface area contributed by atoms with Crippen LogP contribution in [0.3, 0.4) is 0 Å². The molecule has 0 aliphatic heterocycles. The quantitative estimate of drug-likeness (QED) is 0.369. The number of anilines is 1. The van der Waals surface area contributed by atoms with E-state index in [1.54, 1.807) is 37.3 Å². The number of halogens is 1. The lowest BCUT2D eigenvalue weighted by atomic mass is 10.1. The molecule has 0 aromatic heterocycles. The molecule has 0 fully saturated rings. The zero-order valence-corrected chi connectivity index (χ0v) is 24.8. The molecule has 0 saturated carbocycles. The Morgan fingerprint density at radius 2 is 1.62 bits per heavy atom. The molecule has 0 aliphatic carbocycles. The predicted octanol–water partition coefficient (Wildman–Crippen LogP) is 5.48. The number of rotatable bonds is 9. The van der Waals surface area contributed by atoms with Crippen LogP contribution in [0.25, 0.3) is 0 Å². The Bertz CT molecular complexity index is 1440. The van der Waals surface area contributed by atoms with Crippen LogP contribution < -0.4 is 9.62 Å². The minimum atomic E-state index is -4.14. The van der Waals surface area contributed by atoms with Crippen molar-refractivity contribution in [2.24, 2.45) is 0 Å². The van der Waals surface area contributed by atoms with E-state index in [2.05, 4.69) is 5.32 Å². The molecule has 3 rings (SSSR count). The van der Waals surface area contributed by atoms with Gasteiger partial charge in [0, 0.05) is 17.1 Å². The van der Waals surface area contributed by atoms with Crippen molar-refractivity contribution in [3.8, 4) is 0 Å². The first-order valence-corrected chi connectivity index (χ1v) is 14.5. The van der Waals surface area contributed by atoms with Crippen LogP contribution in [0, 0.1) is 13.8 Å². The van der Waals surface area contributed by atoms with Crippen molar-refractivity contribution in [3.63, 3.8) is 0 Å². The van der Waals surface area contributed by atoms with Gasteiger partial charge in [0.15, 0.2) is 0 Å². The first-order chi connectivity index (χ1) is 18.2. The van der Waals surface area contributed by atoms with Gasteiger partial charge in [0.05, 0.1) is 10.6 Å². The Morgan fingerprint density at radius 1 is 0.949 bits per heavy atom. The molecule has 3 aromatic rings. The lowest BCUT2D eigenvalue weighted by Gasteiger charge is -2.33. The summed E-state index contributed by atoms with van der Waals surface area (Å²) in [6, 6.07) is 19.6. The molecule has 7 nitrogen and oxygen atoms in total. The number of amides is 2. The van der Waals surface area contributed by atoms with Crippen molar-refractivity contribution < 1.29 is 18.0 Å². The molecule has 1 atom stereocenters. The van der Waals surface area contributed by atoms with Gasteiger partial charge in [0.25, 0.3) is 10.0 Å². The second kappa shape index (κ2) is 12.2. The molecular formula is C30H36ClN3O4S. The molecule has 0 bridgehead atoms. The second-order valence-corrected chi connectivity index (χ2v) is 13.0. The summed E-state index contributed by atoms with van der Waals surface area (Å²) in [5, 5.41) is 3.30. The van der Waals surface area contributed by atoms with Gasteiger partial charge in [-0.15, -0.1) is 0 Å². The van der Waals surface area contributed by atoms with Gasteiger partial charge in [-0.3, -0.25) is 13.9 Å². The van der Waals surface area contributed by atoms with Gasteiger partial charge < -0.3 is 10.2 Å². The van der Waals surface area contributed by atoms with Crippen molar-refractivity contribution >= 4 is 39.1 Å². The van der Waals surface area contributed by atoms with Gasteiger partial charge >= 0.3 is 0 Å². The zero-order chi connectivity index (χ0) is 29.0. The van der Waals surface area contributed by atoms with Crippen LogP contribution in [0.15, 0.2) is 77.7 Å². The number of sulfonamides is 1. The smallest absolute Gasteiger partial charge is 0.264 e. The van der Waals surface area contributed by atoms with E-state index in [1.165, 1.54) is 23.1 Å². The molecule has 1 unspecified atom stereocenters. The van der Waals surface area contributed by atoms with Gasteiger partial charge in [-0.05, 0) is 76.9 Å². The van der Waals surface area contributed by atoms with Gasteiger partial charge in [0.1, 0.15) is 12.6 Å². The van der Waals surface area contributed by atoms with Crippen LogP contribution >= 0.6 is 11.6 Å². The van der Waals surface area contributed by atoms with Gasteiger partial charge in [-0.2, -0.15) is 0 Å². The lowest BCUT2D eigenvalue weighted by Crippen LogP contribution is -2.54. The highest BCUT2D eigenvalue weighted by Gasteiger charge is 2.33. The third-order valence-corrected chi connectivity index (χ3v) is 8.35. The molecule has 0 heterocycles. The number of nitrogens with zero attached hydrogens (tertiary/aromatic N) is 2. The fourth-order valence-corrected chi connectivity index (χ4v) is 5.65. The fourth-order valence-electron chi connectivity index (χ4n) is 4.05. The monoisotopic (exact) mass is 569 g/mol. The number of carbonyl (C=O) groups excluding carboxylic acids is 2. The van der Waals surface area contributed by atoms with Crippen LogP contribution in [0.1, 0.15) is 44.4 Å². The topological polar surface area (TPSA) is 86.8 Å². The molecule has 208 valence electrons. The van der Waals surface area contributed by atoms with Gasteiger partial charge in [-0.25, -0.2) is 8.42 Å². The van der Waals surface area contributed by atoms with E-state index in [0.29, 0.717) is 5.02 Å². The molecule has 3 aromatic carbocycles. The van der Waals surface area contributed by atoms with E-state index in [-0.39, 0.29) is 23.0 Å². The van der Waals surface area contributed by atoms with Crippen LogP contribution in [-0.2, 0) is 26.2 Å². The Balaban J connectivity index is 2.05. The average Bonchev–Trinajstić information content (AvgIpc) is 2.86. The normalized spacial score (nSPS) is 12.5. The first-order valence-electron chi connectivity index (χ1n) is 12.7. The van der Waals surface area contributed by atoms with Crippen LogP contribution in [-0.4, -0.2) is 43.3 Å². The summed E-state index contributed by atoms with van der Waals surface area (Å²) in [7, 11) is -4.14. The molecule has 0 radical (unpaired) electrons. The first kappa shape index (κ1) is 30.2. The summed E-state index contributed by atoms with van der Waals surface area (Å²) >= 11 is 6.36. The van der Waals surface area contributed by atoms with E-state index in [1.807, 2.05) is 58.9 Å². The zero-order valence-electron chi connectivity index (χ0n) is 23.2. The van der Waals surface area contributed by atoms with Crippen LogP contribution in [0.4, 0.5) is 5.69 Å². The van der Waals surface area contributed by atoms with E-state index < -0.39 is 34.1 Å². The Kier molecular flexibility index (Phi) is 9.46. The van der Waals surface area contributed by atoms with E-state index >= 15 is 0 Å². The minimum absolute atomic E-state index is 0.0401. The van der Waals surface area contributed by atoms with Crippen LogP contribution in [0.5, 0.6) is 0 Å². The van der Waals surface area contributed by atoms with Crippen molar-refractivity contribution in [2.45, 2.75) is 64.6 Å². The maximum Gasteiger partial charge on any atom is 0.264 e. The number of carbonyl (C=O) groups is 2. The number of nitrogens with one attached hydrogen (secondary N) is 1. The predicted molar refractivity (Wildman–Crippen MR) is 156 cm³/mol. The maximum absolute atomic E-state index is 14.0. The van der Waals surface area contributed by atoms with Crippen molar-refractivity contribution in [3.05, 3.63) is 94.5 Å². The highest BCUT2D eigenvalue weighted by molar-refractivity contribution is 7.92. The second-order valence-electron chi connectivity index (χ2n) is 10.7. The third kappa shape index (κ3) is 7.83. The molecule has 1 N–H and O–H groups in total. The SMILES string of the molecule is Cc1cccc(CN(C(=O)CN(c2ccc(C)c(Cl)c2)S(=O)(=O)c2ccccc2)C(C)C(=O)NC(C)(C)C)c1. The van der Waals surface area contributed by atoms with Gasteiger partial charge in [0.2, 0.25) is 11.8 Å². The molecule has 0 saturated heterocycles. The average molecular weight is 570 g/mol. The number of benzene rings is 3. The molecular weight excluding hydrogens is 534 g/mol. The fraction of sp³-hybridized carbons (Fsp3) is 0.333. The van der Waals surface area contributed by atoms with E-state index in [4.69, 9.17) is 11.6 Å². The van der Waals surface area contributed by atoms with Crippen molar-refractivity contribution in [1.29, 1.82) is 0 Å². The maximum atomic E-state index is 14.0. The lowest BCUT2D eigenvalue weighted by molar-refractivity contribution is -0.140. The van der Waals surface area contributed by atoms with Crippen molar-refractivity contribution in [1.82, 2.24) is 10.2 Å². The van der Waals surface area contributed by atoms with E-state index in [9.17, 15) is 18.0 Å². The summed E-state index contributed by atoms with van der Waals surface area (Å²) < 4.78 is 28.7. The Hall–Kier alpha value is -3.36. The molecule has 0 spiro atoms. The molecule has 0 aliphatic rings. The summed E-state index contributed by atoms with van der Waals surface area (Å²) in [4.78, 5) is 28.6. The standard InChI is InChI=1S/C30H36ClN3O4S/c1-21-11-10-12-24(17-21)19-33(23(3)29(36)32-30(4,5)6)28(35)20-34(25-16-15-22(2)27(31)18-25)39(37,38)26-13-8-7-9-14-26/h7-18,23H,19-20H2,1-6H3,(H,32,36). The van der Waals surface area contributed by atoms with E-state index in [0.717, 1.165) is 21.0 Å². The third-order valence-electron chi connectivity index (χ3n) is 6.15. The largest absolute Gasteiger partial charge is 0.350 e. The highest BCUT2D eigenvalue weighted by Crippen LogP contribution is 2.28. The Labute approximate surface area is 236 Å². The molecule has 39 heavy (non-hydrogen) atoms. The number of aryl methyl sites for hydroxylation is 2. The minimum Gasteiger partial charge on any atom is -0.350 e. The summed E-state index contributed by atoms with van der Waals surface area (Å²) in [5.41, 5.74) is 2.36. The number of hydrogen-bond donors (Lipinski definition) is 1. The molecule has 9 heteroatoms. The highest BCUT2D eigenvalue weighted by atomic mass is 35.5. The number of hydrogen-bond acceptors (Lipinski definition) is 4. The Morgan fingerprint density at radius 3 is 2.21 bits per heavy atom. The summed E-state index contributed by atoms with van der Waals surface area (Å²) in [5.74, 6) is -0.858. The summed E-state index contributed by atoms with van der Waals surface area (Å²) in [6.07, 6.45) is 0.